The second-order valence-electron chi connectivity index (χ2n) is 5.37. The van der Waals surface area contributed by atoms with Gasteiger partial charge in [-0.05, 0) is 26.2 Å². The SMILES string of the molecule is CCCn1nc(C2CC2)c2c(C(=O)OCC)cc(=O)[nH]c21. The van der Waals surface area contributed by atoms with Crippen LogP contribution < -0.4 is 5.56 Å². The Hall–Kier alpha value is -2.11. The normalized spacial score (nSPS) is 14.6. The quantitative estimate of drug-likeness (QED) is 0.856. The molecule has 1 fully saturated rings. The average molecular weight is 289 g/mol. The molecule has 0 atom stereocenters. The van der Waals surface area contributed by atoms with Gasteiger partial charge in [-0.2, -0.15) is 5.10 Å². The summed E-state index contributed by atoms with van der Waals surface area (Å²) in [6.45, 7) is 4.81. The number of fused-ring (bicyclic) bond motifs is 1. The minimum Gasteiger partial charge on any atom is -0.462 e. The molecule has 1 aliphatic carbocycles. The summed E-state index contributed by atoms with van der Waals surface area (Å²) in [5, 5.41) is 5.38. The highest BCUT2D eigenvalue weighted by molar-refractivity contribution is 6.03. The summed E-state index contributed by atoms with van der Waals surface area (Å²) in [6.07, 6.45) is 3.08. The van der Waals surface area contributed by atoms with Crippen molar-refractivity contribution in [3.05, 3.63) is 27.7 Å². The number of carbonyl (C=O) groups is 1. The number of hydrogen-bond donors (Lipinski definition) is 1. The smallest absolute Gasteiger partial charge is 0.339 e. The molecular formula is C15H19N3O3. The highest BCUT2D eigenvalue weighted by atomic mass is 16.5. The lowest BCUT2D eigenvalue weighted by Crippen LogP contribution is -2.14. The van der Waals surface area contributed by atoms with Gasteiger partial charge in [0, 0.05) is 18.5 Å². The monoisotopic (exact) mass is 289 g/mol. The number of esters is 1. The van der Waals surface area contributed by atoms with Crippen molar-refractivity contribution < 1.29 is 9.53 Å². The summed E-state index contributed by atoms with van der Waals surface area (Å²) in [5.41, 5.74) is 1.58. The molecule has 1 saturated carbocycles. The number of nitrogens with one attached hydrogen (secondary N) is 1. The number of rotatable bonds is 5. The van der Waals surface area contributed by atoms with Crippen molar-refractivity contribution in [2.75, 3.05) is 6.61 Å². The summed E-state index contributed by atoms with van der Waals surface area (Å²) >= 11 is 0. The van der Waals surface area contributed by atoms with Crippen LogP contribution in [0.25, 0.3) is 11.0 Å². The van der Waals surface area contributed by atoms with Gasteiger partial charge in [0.25, 0.3) is 0 Å². The first-order valence-electron chi connectivity index (χ1n) is 7.46. The van der Waals surface area contributed by atoms with Crippen LogP contribution in [0.15, 0.2) is 10.9 Å². The van der Waals surface area contributed by atoms with E-state index in [-0.39, 0.29) is 12.2 Å². The third-order valence-corrected chi connectivity index (χ3v) is 3.66. The number of hydrogen-bond acceptors (Lipinski definition) is 4. The van der Waals surface area contributed by atoms with Crippen LogP contribution in [0, 0.1) is 0 Å². The van der Waals surface area contributed by atoms with Gasteiger partial charge in [-0.25, -0.2) is 9.48 Å². The Labute approximate surface area is 122 Å². The topological polar surface area (TPSA) is 77.0 Å². The van der Waals surface area contributed by atoms with Crippen molar-refractivity contribution in [3.63, 3.8) is 0 Å². The molecule has 3 rings (SSSR count). The summed E-state index contributed by atoms with van der Waals surface area (Å²) in [6, 6.07) is 1.32. The predicted molar refractivity (Wildman–Crippen MR) is 78.6 cm³/mol. The van der Waals surface area contributed by atoms with Gasteiger partial charge < -0.3 is 9.72 Å². The number of pyridine rings is 1. The first-order valence-corrected chi connectivity index (χ1v) is 7.46. The van der Waals surface area contributed by atoms with Gasteiger partial charge in [-0.1, -0.05) is 6.92 Å². The van der Waals surface area contributed by atoms with Crippen molar-refractivity contribution >= 4 is 17.0 Å². The van der Waals surface area contributed by atoms with Crippen molar-refractivity contribution in [3.8, 4) is 0 Å². The van der Waals surface area contributed by atoms with Crippen LogP contribution >= 0.6 is 0 Å². The van der Waals surface area contributed by atoms with E-state index in [2.05, 4.69) is 17.0 Å². The summed E-state index contributed by atoms with van der Waals surface area (Å²) in [5.74, 6) is -0.0590. The molecule has 2 aromatic rings. The van der Waals surface area contributed by atoms with Crippen LogP contribution in [0.1, 0.15) is 55.1 Å². The highest BCUT2D eigenvalue weighted by Crippen LogP contribution is 2.42. The van der Waals surface area contributed by atoms with Gasteiger partial charge in [-0.15, -0.1) is 0 Å². The summed E-state index contributed by atoms with van der Waals surface area (Å²) < 4.78 is 6.89. The molecule has 0 amide bonds. The van der Waals surface area contributed by atoms with E-state index in [1.54, 1.807) is 11.6 Å². The van der Waals surface area contributed by atoms with E-state index in [0.29, 0.717) is 23.7 Å². The fourth-order valence-electron chi connectivity index (χ4n) is 2.62. The van der Waals surface area contributed by atoms with E-state index in [1.807, 2.05) is 0 Å². The molecule has 0 radical (unpaired) electrons. The minimum absolute atomic E-state index is 0.287. The lowest BCUT2D eigenvalue weighted by molar-refractivity contribution is 0.0528. The highest BCUT2D eigenvalue weighted by Gasteiger charge is 2.32. The first kappa shape index (κ1) is 13.9. The zero-order chi connectivity index (χ0) is 15.0. The zero-order valence-corrected chi connectivity index (χ0v) is 12.3. The fourth-order valence-corrected chi connectivity index (χ4v) is 2.62. The van der Waals surface area contributed by atoms with Crippen LogP contribution in [-0.2, 0) is 11.3 Å². The van der Waals surface area contributed by atoms with Gasteiger partial charge in [0.2, 0.25) is 5.56 Å². The predicted octanol–water partition coefficient (Wildman–Crippen LogP) is 2.19. The Morgan fingerprint density at radius 2 is 2.24 bits per heavy atom. The molecule has 1 aliphatic rings. The van der Waals surface area contributed by atoms with E-state index in [9.17, 15) is 9.59 Å². The van der Waals surface area contributed by atoms with Crippen molar-refractivity contribution in [1.82, 2.24) is 14.8 Å². The molecule has 0 aromatic carbocycles. The molecule has 2 aromatic heterocycles. The van der Waals surface area contributed by atoms with Crippen LogP contribution in [0.2, 0.25) is 0 Å². The maximum Gasteiger partial charge on any atom is 0.339 e. The van der Waals surface area contributed by atoms with Crippen molar-refractivity contribution in [2.45, 2.75) is 45.6 Å². The molecular weight excluding hydrogens is 270 g/mol. The number of carbonyl (C=O) groups excluding carboxylic acids is 1. The molecule has 0 aliphatic heterocycles. The van der Waals surface area contributed by atoms with Gasteiger partial charge in [-0.3, -0.25) is 4.79 Å². The number of aromatic amines is 1. The molecule has 0 saturated heterocycles. The van der Waals surface area contributed by atoms with Crippen LogP contribution in [-0.4, -0.2) is 27.3 Å². The van der Waals surface area contributed by atoms with Crippen LogP contribution in [0.4, 0.5) is 0 Å². The number of H-pyrrole nitrogens is 1. The number of aryl methyl sites for hydroxylation is 1. The van der Waals surface area contributed by atoms with Gasteiger partial charge in [0.1, 0.15) is 5.65 Å². The second kappa shape index (κ2) is 5.35. The Morgan fingerprint density at radius 1 is 1.48 bits per heavy atom. The van der Waals surface area contributed by atoms with Crippen molar-refractivity contribution in [1.29, 1.82) is 0 Å². The maximum absolute atomic E-state index is 12.2. The van der Waals surface area contributed by atoms with Crippen molar-refractivity contribution in [2.24, 2.45) is 0 Å². The van der Waals surface area contributed by atoms with E-state index >= 15 is 0 Å². The fraction of sp³-hybridized carbons (Fsp3) is 0.533. The van der Waals surface area contributed by atoms with Crippen LogP contribution in [0.5, 0.6) is 0 Å². The molecule has 21 heavy (non-hydrogen) atoms. The molecule has 6 heteroatoms. The standard InChI is InChI=1S/C15H19N3O3/c1-3-7-18-14-12(13(17-18)9-5-6-9)10(8-11(19)16-14)15(20)21-4-2/h8-9H,3-7H2,1-2H3,(H,16,19). The first-order chi connectivity index (χ1) is 10.2. The Bertz CT molecular complexity index is 740. The lowest BCUT2D eigenvalue weighted by atomic mass is 10.1. The number of nitrogens with zero attached hydrogens (tertiary/aromatic N) is 2. The maximum atomic E-state index is 12.2. The number of aromatic nitrogens is 3. The van der Waals surface area contributed by atoms with Gasteiger partial charge in [0.15, 0.2) is 0 Å². The van der Waals surface area contributed by atoms with Gasteiger partial charge >= 0.3 is 5.97 Å². The molecule has 6 nitrogen and oxygen atoms in total. The third kappa shape index (κ3) is 2.46. The Kier molecular flexibility index (Phi) is 3.53. The van der Waals surface area contributed by atoms with E-state index < -0.39 is 5.97 Å². The van der Waals surface area contributed by atoms with E-state index in [4.69, 9.17) is 4.74 Å². The second-order valence-corrected chi connectivity index (χ2v) is 5.37. The lowest BCUT2D eigenvalue weighted by Gasteiger charge is -2.04. The summed E-state index contributed by atoms with van der Waals surface area (Å²) in [7, 11) is 0. The largest absolute Gasteiger partial charge is 0.462 e. The van der Waals surface area contributed by atoms with E-state index in [1.165, 1.54) is 6.07 Å². The molecule has 0 spiro atoms. The molecule has 0 unspecified atom stereocenters. The average Bonchev–Trinajstić information content (AvgIpc) is 3.23. The zero-order valence-electron chi connectivity index (χ0n) is 12.3. The molecule has 2 heterocycles. The molecule has 1 N–H and O–H groups in total. The number of ether oxygens (including phenoxy) is 1. The van der Waals surface area contributed by atoms with Crippen LogP contribution in [0.3, 0.4) is 0 Å². The van der Waals surface area contributed by atoms with Gasteiger partial charge in [0.05, 0.1) is 23.3 Å². The third-order valence-electron chi connectivity index (χ3n) is 3.66. The molecule has 112 valence electrons. The Balaban J connectivity index is 2.26. The van der Waals surface area contributed by atoms with E-state index in [0.717, 1.165) is 30.3 Å². The summed E-state index contributed by atoms with van der Waals surface area (Å²) in [4.78, 5) is 26.8. The Morgan fingerprint density at radius 3 is 2.86 bits per heavy atom. The molecule has 0 bridgehead atoms. The minimum atomic E-state index is -0.452.